The van der Waals surface area contributed by atoms with E-state index in [-0.39, 0.29) is 0 Å². The molecule has 4 nitrogen and oxygen atoms in total. The second kappa shape index (κ2) is 5.67. The largest absolute Gasteiger partial charge is 0.369 e. The number of hydrogen-bond donors (Lipinski definition) is 1. The Hall–Kier alpha value is -1.81. The third-order valence-electron chi connectivity index (χ3n) is 4.14. The molecule has 1 aliphatic heterocycles. The van der Waals surface area contributed by atoms with Gasteiger partial charge in [-0.25, -0.2) is 4.98 Å². The fourth-order valence-electron chi connectivity index (χ4n) is 2.82. The summed E-state index contributed by atoms with van der Waals surface area (Å²) >= 11 is 0. The highest BCUT2D eigenvalue weighted by Crippen LogP contribution is 2.21. The van der Waals surface area contributed by atoms with Gasteiger partial charge in [0.2, 0.25) is 0 Å². The molecule has 1 saturated heterocycles. The zero-order valence-electron chi connectivity index (χ0n) is 12.3. The second-order valence-corrected chi connectivity index (χ2v) is 5.52. The first-order valence-electron chi connectivity index (χ1n) is 7.26. The van der Waals surface area contributed by atoms with Crippen molar-refractivity contribution in [2.45, 2.75) is 20.4 Å². The zero-order valence-corrected chi connectivity index (χ0v) is 12.3. The summed E-state index contributed by atoms with van der Waals surface area (Å²) < 4.78 is 0. The van der Waals surface area contributed by atoms with Crippen LogP contribution in [0.15, 0.2) is 30.6 Å². The molecule has 0 atom stereocenters. The quantitative estimate of drug-likeness (QED) is 0.930. The summed E-state index contributed by atoms with van der Waals surface area (Å²) in [5.74, 6) is 0. The number of aryl methyl sites for hydroxylation is 2. The Balaban J connectivity index is 1.60. The first-order valence-corrected chi connectivity index (χ1v) is 7.26. The smallest absolute Gasteiger partial charge is 0.0925 e. The van der Waals surface area contributed by atoms with Crippen LogP contribution in [0.25, 0.3) is 0 Å². The molecule has 0 saturated carbocycles. The van der Waals surface area contributed by atoms with E-state index in [1.807, 2.05) is 0 Å². The Labute approximate surface area is 120 Å². The van der Waals surface area contributed by atoms with Crippen LogP contribution < -0.4 is 4.90 Å². The summed E-state index contributed by atoms with van der Waals surface area (Å²) in [6.07, 6.45) is 1.79. The van der Waals surface area contributed by atoms with Crippen LogP contribution in [0.4, 0.5) is 5.69 Å². The first kappa shape index (κ1) is 13.2. The summed E-state index contributed by atoms with van der Waals surface area (Å²) in [5, 5.41) is 0. The van der Waals surface area contributed by atoms with E-state index in [1.54, 1.807) is 6.33 Å². The van der Waals surface area contributed by atoms with Crippen LogP contribution in [0.2, 0.25) is 0 Å². The van der Waals surface area contributed by atoms with E-state index < -0.39 is 0 Å². The van der Waals surface area contributed by atoms with E-state index >= 15 is 0 Å². The van der Waals surface area contributed by atoms with Gasteiger partial charge in [-0.1, -0.05) is 18.2 Å². The van der Waals surface area contributed by atoms with Crippen molar-refractivity contribution in [3.05, 3.63) is 47.5 Å². The van der Waals surface area contributed by atoms with E-state index in [0.29, 0.717) is 0 Å². The predicted octanol–water partition coefficient (Wildman–Crippen LogP) is 2.35. The number of nitrogens with one attached hydrogen (secondary N) is 1. The van der Waals surface area contributed by atoms with Gasteiger partial charge < -0.3 is 9.88 Å². The highest BCUT2D eigenvalue weighted by molar-refractivity contribution is 5.53. The molecule has 0 amide bonds. The van der Waals surface area contributed by atoms with Crippen molar-refractivity contribution in [2.24, 2.45) is 0 Å². The molecule has 1 fully saturated rings. The lowest BCUT2D eigenvalue weighted by Crippen LogP contribution is -2.46. The highest BCUT2D eigenvalue weighted by Gasteiger charge is 2.19. The Bertz CT molecular complexity index is 567. The fourth-order valence-corrected chi connectivity index (χ4v) is 2.82. The number of imidazole rings is 1. The number of nitrogens with zero attached hydrogens (tertiary/aromatic N) is 3. The first-order chi connectivity index (χ1) is 9.74. The maximum atomic E-state index is 4.39. The van der Waals surface area contributed by atoms with E-state index in [0.717, 1.165) is 32.7 Å². The number of benzene rings is 1. The summed E-state index contributed by atoms with van der Waals surface area (Å²) in [4.78, 5) is 12.5. The molecule has 0 bridgehead atoms. The summed E-state index contributed by atoms with van der Waals surface area (Å²) in [6.45, 7) is 9.61. The predicted molar refractivity (Wildman–Crippen MR) is 82.0 cm³/mol. The molecule has 4 heteroatoms. The third kappa shape index (κ3) is 2.70. The topological polar surface area (TPSA) is 35.2 Å². The van der Waals surface area contributed by atoms with Gasteiger partial charge in [-0.15, -0.1) is 0 Å². The van der Waals surface area contributed by atoms with Crippen molar-refractivity contribution < 1.29 is 0 Å². The fraction of sp³-hybridized carbons (Fsp3) is 0.438. The van der Waals surface area contributed by atoms with Crippen LogP contribution in [0.1, 0.15) is 17.0 Å². The number of rotatable bonds is 3. The molecule has 1 aromatic heterocycles. The summed E-state index contributed by atoms with van der Waals surface area (Å²) in [7, 11) is 0. The Morgan fingerprint density at radius 1 is 1.10 bits per heavy atom. The van der Waals surface area contributed by atoms with Gasteiger partial charge in [0, 0.05) is 44.1 Å². The number of para-hydroxylation sites is 1. The molecule has 0 aliphatic carbocycles. The van der Waals surface area contributed by atoms with Gasteiger partial charge >= 0.3 is 0 Å². The molecule has 1 N–H and O–H groups in total. The van der Waals surface area contributed by atoms with E-state index in [2.05, 4.69) is 57.9 Å². The van der Waals surface area contributed by atoms with Crippen LogP contribution in [0, 0.1) is 13.8 Å². The van der Waals surface area contributed by atoms with Crippen molar-refractivity contribution in [3.63, 3.8) is 0 Å². The molecule has 2 aromatic rings. The number of piperazine rings is 1. The third-order valence-corrected chi connectivity index (χ3v) is 4.14. The van der Waals surface area contributed by atoms with Gasteiger partial charge in [-0.05, 0) is 25.5 Å². The minimum Gasteiger partial charge on any atom is -0.369 e. The van der Waals surface area contributed by atoms with Crippen LogP contribution in [0.5, 0.6) is 0 Å². The Kier molecular flexibility index (Phi) is 3.74. The molecule has 1 aromatic carbocycles. The molecule has 3 rings (SSSR count). The van der Waals surface area contributed by atoms with Gasteiger partial charge in [0.1, 0.15) is 0 Å². The van der Waals surface area contributed by atoms with E-state index in [4.69, 9.17) is 0 Å². The average molecular weight is 270 g/mol. The Morgan fingerprint density at radius 2 is 1.85 bits per heavy atom. The summed E-state index contributed by atoms with van der Waals surface area (Å²) in [6, 6.07) is 8.65. The number of anilines is 1. The number of hydrogen-bond acceptors (Lipinski definition) is 3. The molecule has 20 heavy (non-hydrogen) atoms. The van der Waals surface area contributed by atoms with Gasteiger partial charge in [0.15, 0.2) is 0 Å². The maximum Gasteiger partial charge on any atom is 0.0925 e. The number of H-pyrrole nitrogens is 1. The van der Waals surface area contributed by atoms with E-state index in [1.165, 1.54) is 22.6 Å². The van der Waals surface area contributed by atoms with Crippen LogP contribution >= 0.6 is 0 Å². The Morgan fingerprint density at radius 3 is 2.50 bits per heavy atom. The summed E-state index contributed by atoms with van der Waals surface area (Å²) in [5.41, 5.74) is 5.10. The van der Waals surface area contributed by atoms with Crippen LogP contribution in [0.3, 0.4) is 0 Å². The van der Waals surface area contributed by atoms with Crippen LogP contribution in [-0.4, -0.2) is 41.0 Å². The van der Waals surface area contributed by atoms with Crippen molar-refractivity contribution >= 4 is 5.69 Å². The highest BCUT2D eigenvalue weighted by atomic mass is 15.3. The molecule has 0 spiro atoms. The lowest BCUT2D eigenvalue weighted by molar-refractivity contribution is 0.247. The lowest BCUT2D eigenvalue weighted by Gasteiger charge is -2.36. The molecular formula is C16H22N4. The zero-order chi connectivity index (χ0) is 13.9. The van der Waals surface area contributed by atoms with Gasteiger partial charge in [0.05, 0.1) is 12.0 Å². The normalized spacial score (nSPS) is 16.6. The van der Waals surface area contributed by atoms with E-state index in [9.17, 15) is 0 Å². The van der Waals surface area contributed by atoms with Crippen molar-refractivity contribution in [1.29, 1.82) is 0 Å². The maximum absolute atomic E-state index is 4.39. The second-order valence-electron chi connectivity index (χ2n) is 5.52. The molecular weight excluding hydrogens is 248 g/mol. The van der Waals surface area contributed by atoms with Gasteiger partial charge in [-0.2, -0.15) is 0 Å². The molecule has 1 aliphatic rings. The van der Waals surface area contributed by atoms with Gasteiger partial charge in [0.25, 0.3) is 0 Å². The molecule has 2 heterocycles. The van der Waals surface area contributed by atoms with Gasteiger partial charge in [-0.3, -0.25) is 4.90 Å². The molecule has 0 radical (unpaired) electrons. The number of aromatic nitrogens is 2. The monoisotopic (exact) mass is 270 g/mol. The van der Waals surface area contributed by atoms with Crippen LogP contribution in [-0.2, 0) is 6.54 Å². The standard InChI is InChI=1S/C16H22N4/c1-13-5-3-4-6-16(13)20-9-7-19(8-10-20)11-15-14(2)17-12-18-15/h3-6,12H,7-11H2,1-2H3,(H,17,18). The number of aromatic amines is 1. The minimum atomic E-state index is 0.955. The molecule has 106 valence electrons. The minimum absolute atomic E-state index is 0.955. The van der Waals surface area contributed by atoms with Crippen molar-refractivity contribution in [3.8, 4) is 0 Å². The SMILES string of the molecule is Cc1ccccc1N1CCN(Cc2nc[nH]c2C)CC1. The lowest BCUT2D eigenvalue weighted by atomic mass is 10.1. The molecule has 0 unspecified atom stereocenters. The average Bonchev–Trinajstić information content (AvgIpc) is 2.86. The van der Waals surface area contributed by atoms with Crippen molar-refractivity contribution in [2.75, 3.05) is 31.1 Å². The van der Waals surface area contributed by atoms with Crippen molar-refractivity contribution in [1.82, 2.24) is 14.9 Å².